The zero-order chi connectivity index (χ0) is 13.6. The Hall–Kier alpha value is -1.17. The van der Waals surface area contributed by atoms with Crippen molar-refractivity contribution in [2.75, 3.05) is 20.3 Å². The fraction of sp³-hybridized carbons (Fsp3) is 0.500. The number of hydrogen-bond donors (Lipinski definition) is 2. The van der Waals surface area contributed by atoms with Crippen LogP contribution in [-0.4, -0.2) is 41.9 Å². The Balaban J connectivity index is 2.54. The van der Waals surface area contributed by atoms with Crippen LogP contribution in [0.3, 0.4) is 0 Å². The van der Waals surface area contributed by atoms with Crippen molar-refractivity contribution >= 4 is 17.5 Å². The average molecular weight is 273 g/mol. The summed E-state index contributed by atoms with van der Waals surface area (Å²) in [5, 5.41) is 12.9. The Morgan fingerprint density at radius 1 is 1.67 bits per heavy atom. The molecule has 1 atom stereocenters. The molecule has 1 amide bonds. The Kier molecular flexibility index (Phi) is 5.53. The lowest BCUT2D eigenvalue weighted by Crippen LogP contribution is -2.41. The van der Waals surface area contributed by atoms with Gasteiger partial charge in [-0.05, 0) is 13.0 Å². The van der Waals surface area contributed by atoms with E-state index in [0.717, 1.165) is 0 Å². The monoisotopic (exact) mass is 272 g/mol. The summed E-state index contributed by atoms with van der Waals surface area (Å²) < 4.78 is 4.89. The van der Waals surface area contributed by atoms with Crippen LogP contribution in [0.15, 0.2) is 18.5 Å². The second-order valence-electron chi connectivity index (χ2n) is 4.28. The molecule has 0 aliphatic rings. The van der Waals surface area contributed by atoms with E-state index in [0.29, 0.717) is 18.6 Å². The normalized spacial score (nSPS) is 14.0. The van der Waals surface area contributed by atoms with Crippen LogP contribution < -0.4 is 5.32 Å². The lowest BCUT2D eigenvalue weighted by atomic mass is 10.0. The second-order valence-corrected chi connectivity index (χ2v) is 4.69. The number of rotatable bonds is 6. The van der Waals surface area contributed by atoms with Gasteiger partial charge in [-0.25, -0.2) is 0 Å². The molecule has 1 heterocycles. The fourth-order valence-corrected chi connectivity index (χ4v) is 1.54. The summed E-state index contributed by atoms with van der Waals surface area (Å²) in [6.07, 6.45) is 3.33. The van der Waals surface area contributed by atoms with Crippen molar-refractivity contribution in [1.82, 2.24) is 10.3 Å². The molecule has 1 rings (SSSR count). The molecule has 1 unspecified atom stereocenters. The largest absolute Gasteiger partial charge is 0.388 e. The van der Waals surface area contributed by atoms with E-state index in [2.05, 4.69) is 10.3 Å². The Bertz CT molecular complexity index is 410. The maximum Gasteiger partial charge on any atom is 0.253 e. The molecule has 0 spiro atoms. The molecule has 0 radical (unpaired) electrons. The molecule has 0 bridgehead atoms. The third kappa shape index (κ3) is 4.60. The molecule has 2 N–H and O–H groups in total. The van der Waals surface area contributed by atoms with Crippen LogP contribution in [0.2, 0.25) is 5.02 Å². The van der Waals surface area contributed by atoms with Gasteiger partial charge in [-0.2, -0.15) is 0 Å². The number of methoxy groups -OCH3 is 1. The van der Waals surface area contributed by atoms with E-state index >= 15 is 0 Å². The van der Waals surface area contributed by atoms with Crippen molar-refractivity contribution < 1.29 is 14.6 Å². The first-order valence-electron chi connectivity index (χ1n) is 5.55. The number of carbonyl (C=O) groups excluding carboxylic acids is 1. The second kappa shape index (κ2) is 6.68. The maximum absolute atomic E-state index is 11.8. The zero-order valence-corrected chi connectivity index (χ0v) is 11.2. The van der Waals surface area contributed by atoms with Crippen LogP contribution in [-0.2, 0) is 4.74 Å². The summed E-state index contributed by atoms with van der Waals surface area (Å²) >= 11 is 5.85. The van der Waals surface area contributed by atoms with Gasteiger partial charge < -0.3 is 15.2 Å². The highest BCUT2D eigenvalue weighted by Gasteiger charge is 2.21. The number of amides is 1. The Morgan fingerprint density at radius 2 is 2.39 bits per heavy atom. The summed E-state index contributed by atoms with van der Waals surface area (Å²) in [4.78, 5) is 15.6. The van der Waals surface area contributed by atoms with Crippen molar-refractivity contribution in [2.24, 2.45) is 0 Å². The van der Waals surface area contributed by atoms with Gasteiger partial charge in [0.2, 0.25) is 0 Å². The minimum absolute atomic E-state index is 0.133. The first-order chi connectivity index (χ1) is 8.46. The highest BCUT2D eigenvalue weighted by Crippen LogP contribution is 2.14. The van der Waals surface area contributed by atoms with Crippen molar-refractivity contribution in [3.05, 3.63) is 29.0 Å². The average Bonchev–Trinajstić information content (AvgIpc) is 2.34. The van der Waals surface area contributed by atoms with Crippen LogP contribution in [0.5, 0.6) is 0 Å². The van der Waals surface area contributed by atoms with Crippen LogP contribution in [0.4, 0.5) is 0 Å². The topological polar surface area (TPSA) is 71.5 Å². The molecule has 0 aliphatic heterocycles. The van der Waals surface area contributed by atoms with Crippen LogP contribution in [0.1, 0.15) is 23.7 Å². The van der Waals surface area contributed by atoms with Gasteiger partial charge in [0.15, 0.2) is 0 Å². The van der Waals surface area contributed by atoms with Gasteiger partial charge in [0.05, 0.1) is 16.2 Å². The predicted molar refractivity (Wildman–Crippen MR) is 68.7 cm³/mol. The molecule has 1 aromatic heterocycles. The molecule has 5 nitrogen and oxygen atoms in total. The summed E-state index contributed by atoms with van der Waals surface area (Å²) in [5.41, 5.74) is -0.667. The molecular weight excluding hydrogens is 256 g/mol. The van der Waals surface area contributed by atoms with E-state index in [1.54, 1.807) is 14.0 Å². The number of carbonyl (C=O) groups is 1. The number of pyridine rings is 1. The first-order valence-corrected chi connectivity index (χ1v) is 5.93. The molecule has 6 heteroatoms. The number of ether oxygens (including phenoxy) is 1. The van der Waals surface area contributed by atoms with E-state index < -0.39 is 5.60 Å². The lowest BCUT2D eigenvalue weighted by Gasteiger charge is -2.23. The summed E-state index contributed by atoms with van der Waals surface area (Å²) in [6, 6.07) is 1.53. The van der Waals surface area contributed by atoms with Crippen molar-refractivity contribution in [2.45, 2.75) is 18.9 Å². The third-order valence-electron chi connectivity index (χ3n) is 2.49. The highest BCUT2D eigenvalue weighted by atomic mass is 35.5. The molecule has 100 valence electrons. The van der Waals surface area contributed by atoms with Crippen LogP contribution in [0.25, 0.3) is 0 Å². The summed E-state index contributed by atoms with van der Waals surface area (Å²) in [7, 11) is 1.56. The Labute approximate surface area is 111 Å². The molecule has 18 heavy (non-hydrogen) atoms. The maximum atomic E-state index is 11.8. The van der Waals surface area contributed by atoms with Gasteiger partial charge in [0, 0.05) is 39.1 Å². The molecule has 0 saturated heterocycles. The molecule has 0 aliphatic carbocycles. The summed E-state index contributed by atoms with van der Waals surface area (Å²) in [6.45, 7) is 2.20. The van der Waals surface area contributed by atoms with Gasteiger partial charge in [-0.1, -0.05) is 11.6 Å². The van der Waals surface area contributed by atoms with Gasteiger partial charge in [0.25, 0.3) is 5.91 Å². The molecule has 0 aromatic carbocycles. The van der Waals surface area contributed by atoms with Crippen LogP contribution >= 0.6 is 11.6 Å². The number of hydrogen-bond acceptors (Lipinski definition) is 4. The van der Waals surface area contributed by atoms with Crippen molar-refractivity contribution in [3.63, 3.8) is 0 Å². The van der Waals surface area contributed by atoms with Gasteiger partial charge in [-0.15, -0.1) is 0 Å². The lowest BCUT2D eigenvalue weighted by molar-refractivity contribution is 0.0243. The van der Waals surface area contributed by atoms with Crippen LogP contribution in [0, 0.1) is 0 Å². The van der Waals surface area contributed by atoms with Gasteiger partial charge in [-0.3, -0.25) is 9.78 Å². The fourth-order valence-electron chi connectivity index (χ4n) is 1.34. The SMILES string of the molecule is COCCC(C)(O)CNC(=O)c1ccncc1Cl. The molecular formula is C12H17ClN2O3. The zero-order valence-electron chi connectivity index (χ0n) is 10.4. The van der Waals surface area contributed by atoms with E-state index in [1.165, 1.54) is 18.5 Å². The standard InChI is InChI=1S/C12H17ClN2O3/c1-12(17,4-6-18-2)8-15-11(16)9-3-5-14-7-10(9)13/h3,5,7,17H,4,6,8H2,1-2H3,(H,15,16). The predicted octanol–water partition coefficient (Wildman–Crippen LogP) is 1.25. The quantitative estimate of drug-likeness (QED) is 0.818. The van der Waals surface area contributed by atoms with Gasteiger partial charge >= 0.3 is 0 Å². The van der Waals surface area contributed by atoms with E-state index in [4.69, 9.17) is 16.3 Å². The van der Waals surface area contributed by atoms with E-state index in [-0.39, 0.29) is 17.5 Å². The smallest absolute Gasteiger partial charge is 0.253 e. The number of aromatic nitrogens is 1. The van der Waals surface area contributed by atoms with Crippen molar-refractivity contribution in [1.29, 1.82) is 0 Å². The highest BCUT2D eigenvalue weighted by molar-refractivity contribution is 6.33. The Morgan fingerprint density at radius 3 is 3.00 bits per heavy atom. The first kappa shape index (κ1) is 14.9. The third-order valence-corrected chi connectivity index (χ3v) is 2.79. The number of halogens is 1. The molecule has 0 fully saturated rings. The van der Waals surface area contributed by atoms with Crippen molar-refractivity contribution in [3.8, 4) is 0 Å². The number of aliphatic hydroxyl groups is 1. The molecule has 0 saturated carbocycles. The number of nitrogens with zero attached hydrogens (tertiary/aromatic N) is 1. The van der Waals surface area contributed by atoms with E-state index in [1.807, 2.05) is 0 Å². The van der Waals surface area contributed by atoms with E-state index in [9.17, 15) is 9.90 Å². The minimum Gasteiger partial charge on any atom is -0.388 e. The molecule has 1 aromatic rings. The van der Waals surface area contributed by atoms with Gasteiger partial charge in [0.1, 0.15) is 0 Å². The minimum atomic E-state index is -1.01. The number of nitrogens with one attached hydrogen (secondary N) is 1. The summed E-state index contributed by atoms with van der Waals surface area (Å²) in [5.74, 6) is -0.333.